The van der Waals surface area contributed by atoms with Crippen molar-refractivity contribution in [1.29, 1.82) is 0 Å². The maximum atomic E-state index is 12.7. The van der Waals surface area contributed by atoms with Crippen molar-refractivity contribution in [3.05, 3.63) is 59.7 Å². The number of methoxy groups -OCH3 is 1. The van der Waals surface area contributed by atoms with E-state index in [1.54, 1.807) is 31.4 Å². The fourth-order valence-electron chi connectivity index (χ4n) is 3.00. The van der Waals surface area contributed by atoms with E-state index < -0.39 is 10.0 Å². The van der Waals surface area contributed by atoms with E-state index in [0.717, 1.165) is 27.6 Å². The maximum Gasteiger partial charge on any atom is 0.243 e. The number of rotatable bonds is 9. The Morgan fingerprint density at radius 3 is 2.17 bits per heavy atom. The summed E-state index contributed by atoms with van der Waals surface area (Å²) in [7, 11) is -0.707. The topological polar surface area (TPSA) is 75.7 Å². The molecule has 0 aliphatic heterocycles. The largest absolute Gasteiger partial charge is 0.497 e. The molecule has 2 rings (SSSR count). The first-order valence-electron chi connectivity index (χ1n) is 9.59. The predicted molar refractivity (Wildman–Crippen MR) is 114 cm³/mol. The van der Waals surface area contributed by atoms with Gasteiger partial charge in [-0.3, -0.25) is 4.79 Å². The third kappa shape index (κ3) is 6.30. The zero-order valence-electron chi connectivity index (χ0n) is 17.7. The second-order valence-corrected chi connectivity index (χ2v) is 9.64. The Morgan fingerprint density at radius 2 is 1.66 bits per heavy atom. The predicted octanol–water partition coefficient (Wildman–Crippen LogP) is 3.53. The molecule has 0 aliphatic carbocycles. The fourth-order valence-corrected chi connectivity index (χ4v) is 4.13. The quantitative estimate of drug-likeness (QED) is 0.676. The summed E-state index contributed by atoms with van der Waals surface area (Å²) in [6, 6.07) is 13.9. The summed E-state index contributed by atoms with van der Waals surface area (Å²) in [5.74, 6) is 0.758. The number of ether oxygens (including phenoxy) is 1. The Balaban J connectivity index is 2.11. The highest BCUT2D eigenvalue weighted by Gasteiger charge is 2.24. The van der Waals surface area contributed by atoms with E-state index in [1.807, 2.05) is 31.2 Å². The number of sulfonamides is 1. The van der Waals surface area contributed by atoms with Crippen LogP contribution in [-0.4, -0.2) is 39.3 Å². The van der Waals surface area contributed by atoms with Crippen LogP contribution in [0.4, 0.5) is 0 Å². The molecule has 0 aliphatic rings. The summed E-state index contributed by atoms with van der Waals surface area (Å²) in [5.41, 5.74) is 1.93. The third-order valence-corrected chi connectivity index (χ3v) is 6.47. The summed E-state index contributed by atoms with van der Waals surface area (Å²) in [6.45, 7) is 5.80. The molecule has 2 aromatic rings. The van der Waals surface area contributed by atoms with Crippen molar-refractivity contribution in [2.24, 2.45) is 5.92 Å². The number of benzene rings is 2. The normalized spacial score (nSPS) is 12.8. The first-order chi connectivity index (χ1) is 13.6. The molecule has 0 fully saturated rings. The molecular weight excluding hydrogens is 388 g/mol. The molecule has 1 N–H and O–H groups in total. The average molecular weight is 419 g/mol. The highest BCUT2D eigenvalue weighted by atomic mass is 32.2. The Kier molecular flexibility index (Phi) is 7.81. The van der Waals surface area contributed by atoms with E-state index in [-0.39, 0.29) is 23.4 Å². The number of nitrogens with one attached hydrogen (secondary N) is 1. The molecule has 0 saturated heterocycles. The van der Waals surface area contributed by atoms with Crippen molar-refractivity contribution in [2.75, 3.05) is 20.7 Å². The molecule has 0 radical (unpaired) electrons. The van der Waals surface area contributed by atoms with Crippen LogP contribution in [0.25, 0.3) is 0 Å². The lowest BCUT2D eigenvalue weighted by Crippen LogP contribution is -2.40. The molecule has 0 saturated carbocycles. The number of hydrogen-bond donors (Lipinski definition) is 1. The van der Waals surface area contributed by atoms with Gasteiger partial charge in [0, 0.05) is 7.05 Å². The second-order valence-electron chi connectivity index (χ2n) is 7.60. The van der Waals surface area contributed by atoms with Crippen molar-refractivity contribution in [1.82, 2.24) is 9.62 Å². The van der Waals surface area contributed by atoms with Crippen LogP contribution in [0.15, 0.2) is 53.4 Å². The van der Waals surface area contributed by atoms with Gasteiger partial charge in [-0.05, 0) is 49.1 Å². The molecule has 29 heavy (non-hydrogen) atoms. The number of hydrogen-bond acceptors (Lipinski definition) is 4. The van der Waals surface area contributed by atoms with E-state index in [0.29, 0.717) is 5.92 Å². The van der Waals surface area contributed by atoms with Gasteiger partial charge in [-0.2, -0.15) is 4.31 Å². The van der Waals surface area contributed by atoms with Gasteiger partial charge < -0.3 is 10.1 Å². The van der Waals surface area contributed by atoms with E-state index in [1.165, 1.54) is 7.05 Å². The van der Waals surface area contributed by atoms with E-state index in [4.69, 9.17) is 4.74 Å². The van der Waals surface area contributed by atoms with Crippen LogP contribution in [0.3, 0.4) is 0 Å². The molecule has 0 heterocycles. The summed E-state index contributed by atoms with van der Waals surface area (Å²) in [4.78, 5) is 12.8. The summed E-state index contributed by atoms with van der Waals surface area (Å²) in [6.07, 6.45) is 0.743. The van der Waals surface area contributed by atoms with Crippen LogP contribution in [0.5, 0.6) is 5.75 Å². The van der Waals surface area contributed by atoms with Crippen molar-refractivity contribution in [3.63, 3.8) is 0 Å². The summed E-state index contributed by atoms with van der Waals surface area (Å²) in [5, 5.41) is 2.98. The zero-order chi connectivity index (χ0) is 21.6. The lowest BCUT2D eigenvalue weighted by Gasteiger charge is -2.23. The smallest absolute Gasteiger partial charge is 0.243 e. The van der Waals surface area contributed by atoms with Crippen LogP contribution in [0.2, 0.25) is 0 Å². The summed E-state index contributed by atoms with van der Waals surface area (Å²) < 4.78 is 31.7. The molecule has 2 aromatic carbocycles. The van der Waals surface area contributed by atoms with Gasteiger partial charge in [0.2, 0.25) is 15.9 Å². The average Bonchev–Trinajstić information content (AvgIpc) is 2.67. The number of nitrogens with zero attached hydrogens (tertiary/aromatic N) is 1. The molecule has 1 amide bonds. The Labute approximate surface area is 173 Å². The number of amides is 1. The third-order valence-electron chi connectivity index (χ3n) is 4.66. The van der Waals surface area contributed by atoms with Gasteiger partial charge in [-0.25, -0.2) is 8.42 Å². The minimum absolute atomic E-state index is 0.173. The zero-order valence-corrected chi connectivity index (χ0v) is 18.5. The van der Waals surface area contributed by atoms with Gasteiger partial charge >= 0.3 is 0 Å². The van der Waals surface area contributed by atoms with Crippen molar-refractivity contribution >= 4 is 15.9 Å². The lowest BCUT2D eigenvalue weighted by atomic mass is 9.97. The number of likely N-dealkylation sites (N-methyl/N-ethyl adjacent to an activating group) is 1. The first-order valence-corrected chi connectivity index (χ1v) is 11.0. The van der Waals surface area contributed by atoms with Crippen molar-refractivity contribution < 1.29 is 17.9 Å². The maximum absolute atomic E-state index is 12.7. The van der Waals surface area contributed by atoms with Gasteiger partial charge in [0.15, 0.2) is 0 Å². The molecule has 1 atom stereocenters. The fraction of sp³-hybridized carbons (Fsp3) is 0.409. The van der Waals surface area contributed by atoms with Crippen LogP contribution >= 0.6 is 0 Å². The molecule has 7 heteroatoms. The van der Waals surface area contributed by atoms with Crippen LogP contribution in [0.1, 0.15) is 37.4 Å². The van der Waals surface area contributed by atoms with Gasteiger partial charge in [-0.15, -0.1) is 0 Å². The Hall–Kier alpha value is -2.38. The molecule has 0 spiro atoms. The molecule has 0 bridgehead atoms. The highest BCUT2D eigenvalue weighted by Crippen LogP contribution is 2.24. The van der Waals surface area contributed by atoms with Crippen molar-refractivity contribution in [3.8, 4) is 5.75 Å². The van der Waals surface area contributed by atoms with Gasteiger partial charge in [0.1, 0.15) is 5.75 Å². The Bertz CT molecular complexity index is 907. The number of carbonyl (C=O) groups is 1. The van der Waals surface area contributed by atoms with Gasteiger partial charge in [-0.1, -0.05) is 43.7 Å². The van der Waals surface area contributed by atoms with Crippen LogP contribution < -0.4 is 10.1 Å². The number of aryl methyl sites for hydroxylation is 1. The number of carbonyl (C=O) groups excluding carboxylic acids is 1. The monoisotopic (exact) mass is 418 g/mol. The van der Waals surface area contributed by atoms with Crippen LogP contribution in [0, 0.1) is 12.8 Å². The minimum atomic E-state index is -3.73. The Morgan fingerprint density at radius 1 is 1.07 bits per heavy atom. The second kappa shape index (κ2) is 9.89. The standard InChI is InChI=1S/C22H30N2O4S/c1-16(2)14-21(18-8-10-19(28-5)11-9-18)23-22(25)15-24(4)29(26,27)20-12-6-17(3)7-13-20/h6-13,16,21H,14-15H2,1-5H3,(H,23,25)/t21-/m1/s1. The van der Waals surface area contributed by atoms with Crippen molar-refractivity contribution in [2.45, 2.75) is 38.1 Å². The lowest BCUT2D eigenvalue weighted by molar-refractivity contribution is -0.122. The van der Waals surface area contributed by atoms with E-state index in [9.17, 15) is 13.2 Å². The van der Waals surface area contributed by atoms with Gasteiger partial charge in [0.25, 0.3) is 0 Å². The van der Waals surface area contributed by atoms with E-state index in [2.05, 4.69) is 19.2 Å². The SMILES string of the molecule is COc1ccc([C@@H](CC(C)C)NC(=O)CN(C)S(=O)(=O)c2ccc(C)cc2)cc1. The molecule has 6 nitrogen and oxygen atoms in total. The first kappa shape index (κ1) is 22.9. The van der Waals surface area contributed by atoms with Gasteiger partial charge in [0.05, 0.1) is 24.6 Å². The van der Waals surface area contributed by atoms with Crippen LogP contribution in [-0.2, 0) is 14.8 Å². The molecule has 158 valence electrons. The molecule has 0 aromatic heterocycles. The molecular formula is C22H30N2O4S. The minimum Gasteiger partial charge on any atom is -0.497 e. The summed E-state index contributed by atoms with van der Waals surface area (Å²) >= 11 is 0. The van der Waals surface area contributed by atoms with E-state index >= 15 is 0 Å². The highest BCUT2D eigenvalue weighted by molar-refractivity contribution is 7.89. The molecule has 0 unspecified atom stereocenters.